The average Bonchev–Trinajstić information content (AvgIpc) is 3.56. The summed E-state index contributed by atoms with van der Waals surface area (Å²) in [6, 6.07) is 42.2. The smallest absolute Gasteiger partial charge is 0.309 e. The monoisotopic (exact) mass is 591 g/mol. The summed E-state index contributed by atoms with van der Waals surface area (Å²) in [5, 5.41) is 14.7. The van der Waals surface area contributed by atoms with E-state index in [-0.39, 0.29) is 0 Å². The van der Waals surface area contributed by atoms with Crippen molar-refractivity contribution in [3.05, 3.63) is 144 Å². The van der Waals surface area contributed by atoms with Crippen molar-refractivity contribution in [3.8, 4) is 28.6 Å². The number of para-hydroxylation sites is 4. The van der Waals surface area contributed by atoms with Crippen molar-refractivity contribution in [1.82, 2.24) is 9.13 Å². The van der Waals surface area contributed by atoms with Crippen LogP contribution >= 0.6 is 0 Å². The van der Waals surface area contributed by atoms with Gasteiger partial charge in [0.25, 0.3) is 0 Å². The van der Waals surface area contributed by atoms with Crippen LogP contribution in [0.25, 0.3) is 66.1 Å². The van der Waals surface area contributed by atoms with E-state index in [1.54, 1.807) is 13.0 Å². The maximum Gasteiger partial charge on any atom is 0.416 e. The molecule has 3 nitrogen and oxygen atoms in total. The molecule has 0 fully saturated rings. The molecule has 0 unspecified atom stereocenters. The Balaban J connectivity index is 1.55. The Hall–Kier alpha value is -5.80. The zero-order valence-electron chi connectivity index (χ0n) is 24.1. The lowest BCUT2D eigenvalue weighted by Gasteiger charge is -2.20. The Kier molecular flexibility index (Phi) is 5.88. The van der Waals surface area contributed by atoms with Gasteiger partial charge < -0.3 is 9.13 Å². The molecule has 0 amide bonds. The van der Waals surface area contributed by atoms with Crippen molar-refractivity contribution in [2.24, 2.45) is 0 Å². The molecule has 216 valence electrons. The third-order valence-electron chi connectivity index (χ3n) is 8.59. The van der Waals surface area contributed by atoms with Gasteiger partial charge in [-0.25, -0.2) is 0 Å². The summed E-state index contributed by atoms with van der Waals surface area (Å²) < 4.78 is 46.6. The van der Waals surface area contributed by atoms with Crippen LogP contribution in [-0.4, -0.2) is 9.13 Å². The lowest BCUT2D eigenvalue weighted by atomic mass is 9.96. The highest BCUT2D eigenvalue weighted by Crippen LogP contribution is 2.42. The summed E-state index contributed by atoms with van der Waals surface area (Å²) in [5.74, 6) is 0. The molecule has 0 bridgehead atoms. The van der Waals surface area contributed by atoms with Crippen molar-refractivity contribution >= 4 is 43.6 Å². The molecule has 0 aliphatic carbocycles. The van der Waals surface area contributed by atoms with E-state index in [0.29, 0.717) is 33.6 Å². The third-order valence-corrected chi connectivity index (χ3v) is 8.59. The summed E-state index contributed by atoms with van der Waals surface area (Å²) in [7, 11) is 0. The van der Waals surface area contributed by atoms with Gasteiger partial charge in [-0.3, -0.25) is 0 Å². The largest absolute Gasteiger partial charge is 0.416 e. The number of halogens is 3. The minimum absolute atomic E-state index is 0.408. The quantitative estimate of drug-likeness (QED) is 0.201. The van der Waals surface area contributed by atoms with Gasteiger partial charge in [0, 0.05) is 27.1 Å². The van der Waals surface area contributed by atoms with Crippen LogP contribution in [0.4, 0.5) is 13.2 Å². The molecule has 0 atom stereocenters. The predicted octanol–water partition coefficient (Wildman–Crippen LogP) is 10.7. The second-order valence-corrected chi connectivity index (χ2v) is 11.3. The van der Waals surface area contributed by atoms with Crippen molar-refractivity contribution in [2.75, 3.05) is 0 Å². The lowest BCUT2D eigenvalue weighted by Crippen LogP contribution is -2.07. The topological polar surface area (TPSA) is 33.6 Å². The lowest BCUT2D eigenvalue weighted by molar-refractivity contribution is -0.137. The van der Waals surface area contributed by atoms with E-state index in [1.165, 1.54) is 12.1 Å². The molecule has 2 heterocycles. The number of rotatable bonds is 3. The van der Waals surface area contributed by atoms with Crippen molar-refractivity contribution in [1.29, 1.82) is 5.26 Å². The first kappa shape index (κ1) is 26.8. The van der Waals surface area contributed by atoms with E-state index < -0.39 is 11.7 Å². The minimum atomic E-state index is -4.52. The molecule has 0 radical (unpaired) electrons. The van der Waals surface area contributed by atoms with Gasteiger partial charge in [0.2, 0.25) is 0 Å². The first-order valence-corrected chi connectivity index (χ1v) is 14.6. The Morgan fingerprint density at radius 1 is 0.556 bits per heavy atom. The Morgan fingerprint density at radius 2 is 1.00 bits per heavy atom. The van der Waals surface area contributed by atoms with E-state index in [0.717, 1.165) is 43.6 Å². The van der Waals surface area contributed by atoms with Gasteiger partial charge in [-0.05, 0) is 66.6 Å². The highest BCUT2D eigenvalue weighted by atomic mass is 19.4. The number of fused-ring (bicyclic) bond motifs is 6. The van der Waals surface area contributed by atoms with Gasteiger partial charge in [-0.2, -0.15) is 18.4 Å². The number of alkyl halides is 3. The molecule has 6 heteroatoms. The summed E-state index contributed by atoms with van der Waals surface area (Å²) in [6.45, 7) is 1.68. The van der Waals surface area contributed by atoms with Crippen molar-refractivity contribution < 1.29 is 13.2 Å². The second-order valence-electron chi connectivity index (χ2n) is 11.3. The third kappa shape index (κ3) is 4.12. The number of aromatic nitrogens is 2. The molecule has 0 aliphatic rings. The number of hydrogen-bond acceptors (Lipinski definition) is 1. The molecule has 0 saturated carbocycles. The molecule has 0 saturated heterocycles. The molecular formula is C39H24F3N3. The van der Waals surface area contributed by atoms with Crippen LogP contribution in [-0.2, 0) is 6.18 Å². The average molecular weight is 592 g/mol. The van der Waals surface area contributed by atoms with E-state index in [1.807, 2.05) is 114 Å². The van der Waals surface area contributed by atoms with Crippen LogP contribution in [0.15, 0.2) is 127 Å². The molecular weight excluding hydrogens is 567 g/mol. The van der Waals surface area contributed by atoms with E-state index in [9.17, 15) is 18.4 Å². The Labute approximate surface area is 256 Å². The highest BCUT2D eigenvalue weighted by molar-refractivity contribution is 6.11. The zero-order valence-corrected chi connectivity index (χ0v) is 24.1. The number of aryl methyl sites for hydroxylation is 1. The summed E-state index contributed by atoms with van der Waals surface area (Å²) in [4.78, 5) is 0. The number of hydrogen-bond donors (Lipinski definition) is 0. The summed E-state index contributed by atoms with van der Waals surface area (Å²) >= 11 is 0. The fourth-order valence-corrected chi connectivity index (χ4v) is 6.73. The van der Waals surface area contributed by atoms with Crippen LogP contribution in [0.1, 0.15) is 16.7 Å². The SMILES string of the molecule is Cc1cc(-c2cc(-n3c4ccccc4c4ccccc43)c(C#N)cc2-n2c3ccccc3c3ccccc32)cc(C(F)(F)F)c1. The van der Waals surface area contributed by atoms with Crippen LogP contribution in [0.3, 0.4) is 0 Å². The maximum absolute atomic E-state index is 14.2. The minimum Gasteiger partial charge on any atom is -0.309 e. The van der Waals surface area contributed by atoms with Crippen LogP contribution in [0.2, 0.25) is 0 Å². The summed E-state index contributed by atoms with van der Waals surface area (Å²) in [6.07, 6.45) is -4.52. The predicted molar refractivity (Wildman–Crippen MR) is 175 cm³/mol. The first-order chi connectivity index (χ1) is 21.8. The normalized spacial score (nSPS) is 12.0. The van der Waals surface area contributed by atoms with Crippen LogP contribution in [0.5, 0.6) is 0 Å². The van der Waals surface area contributed by atoms with Gasteiger partial charge in [-0.15, -0.1) is 0 Å². The van der Waals surface area contributed by atoms with Crippen molar-refractivity contribution in [2.45, 2.75) is 13.1 Å². The fourth-order valence-electron chi connectivity index (χ4n) is 6.73. The van der Waals surface area contributed by atoms with Gasteiger partial charge >= 0.3 is 6.18 Å². The zero-order chi connectivity index (χ0) is 30.9. The maximum atomic E-state index is 14.2. The highest BCUT2D eigenvalue weighted by Gasteiger charge is 2.31. The first-order valence-electron chi connectivity index (χ1n) is 14.6. The van der Waals surface area contributed by atoms with Gasteiger partial charge in [0.15, 0.2) is 0 Å². The van der Waals surface area contributed by atoms with Gasteiger partial charge in [0.1, 0.15) is 6.07 Å². The number of nitriles is 1. The number of nitrogens with zero attached hydrogens (tertiary/aromatic N) is 3. The molecule has 0 spiro atoms. The number of benzene rings is 6. The molecule has 0 aliphatic heterocycles. The Bertz CT molecular complexity index is 2400. The second kappa shape index (κ2) is 9.87. The Morgan fingerprint density at radius 3 is 1.44 bits per heavy atom. The molecule has 8 aromatic rings. The molecule has 2 aromatic heterocycles. The molecule has 8 rings (SSSR count). The standard InChI is InChI=1S/C39H24F3N3/c1-24-18-25(20-27(19-24)39(40,41)42)32-22-37(44-33-14-6-2-10-28(33)29-11-3-7-15-34(29)44)26(23-43)21-38(32)45-35-16-8-4-12-30(35)31-13-5-9-17-36(31)45/h2-22H,1H3. The molecule has 0 N–H and O–H groups in total. The van der Waals surface area contributed by atoms with E-state index >= 15 is 0 Å². The fraction of sp³-hybridized carbons (Fsp3) is 0.0513. The van der Waals surface area contributed by atoms with Crippen LogP contribution in [0, 0.1) is 18.3 Å². The molecule has 6 aromatic carbocycles. The van der Waals surface area contributed by atoms with E-state index in [2.05, 4.69) is 10.6 Å². The summed E-state index contributed by atoms with van der Waals surface area (Å²) in [5.41, 5.74) is 6.05. The van der Waals surface area contributed by atoms with Crippen molar-refractivity contribution in [3.63, 3.8) is 0 Å². The van der Waals surface area contributed by atoms with Gasteiger partial charge in [0.05, 0.1) is 44.6 Å². The van der Waals surface area contributed by atoms with Gasteiger partial charge in [-0.1, -0.05) is 78.9 Å². The van der Waals surface area contributed by atoms with E-state index in [4.69, 9.17) is 0 Å². The molecule has 45 heavy (non-hydrogen) atoms. The van der Waals surface area contributed by atoms with Crippen LogP contribution < -0.4 is 0 Å².